The number of nitrogens with zero attached hydrogens (tertiary/aromatic N) is 1. The molecule has 1 atom stereocenters. The van der Waals surface area contributed by atoms with E-state index < -0.39 is 6.10 Å². The number of nitriles is 1. The lowest BCUT2D eigenvalue weighted by atomic mass is 10.00. The second-order valence-corrected chi connectivity index (χ2v) is 5.28. The van der Waals surface area contributed by atoms with E-state index in [9.17, 15) is 4.79 Å². The van der Waals surface area contributed by atoms with Crippen LogP contribution in [0.1, 0.15) is 27.6 Å². The highest BCUT2D eigenvalue weighted by molar-refractivity contribution is 6.00. The van der Waals surface area contributed by atoms with Crippen LogP contribution in [-0.2, 0) is 0 Å². The van der Waals surface area contributed by atoms with Crippen molar-refractivity contribution in [1.82, 2.24) is 0 Å². The zero-order valence-electron chi connectivity index (χ0n) is 12.9. The number of ketones is 1. The summed E-state index contributed by atoms with van der Waals surface area (Å²) in [4.78, 5) is 12.9. The first kappa shape index (κ1) is 15.5. The van der Waals surface area contributed by atoms with E-state index in [0.717, 1.165) is 5.56 Å². The number of hydrogen-bond acceptors (Lipinski definition) is 3. The van der Waals surface area contributed by atoms with E-state index in [1.165, 1.54) is 0 Å². The van der Waals surface area contributed by atoms with Gasteiger partial charge in [-0.1, -0.05) is 66.7 Å². The van der Waals surface area contributed by atoms with Crippen LogP contribution in [0, 0.1) is 11.3 Å². The minimum Gasteiger partial charge on any atom is -0.477 e. The van der Waals surface area contributed by atoms with Gasteiger partial charge in [-0.15, -0.1) is 0 Å². The molecule has 0 saturated carbocycles. The lowest BCUT2D eigenvalue weighted by Gasteiger charge is -2.19. The molecule has 3 nitrogen and oxygen atoms in total. The molecule has 0 unspecified atom stereocenters. The largest absolute Gasteiger partial charge is 0.477 e. The summed E-state index contributed by atoms with van der Waals surface area (Å²) in [7, 11) is 0. The van der Waals surface area contributed by atoms with E-state index in [-0.39, 0.29) is 5.78 Å². The normalized spacial score (nSPS) is 11.3. The summed E-state index contributed by atoms with van der Waals surface area (Å²) in [5.74, 6) is 0.372. The molecule has 0 aliphatic carbocycles. The molecular formula is C21H15NO2. The second kappa shape index (κ2) is 7.26. The molecule has 0 fully saturated rings. The molecule has 3 heteroatoms. The Morgan fingerprint density at radius 2 is 1.54 bits per heavy atom. The van der Waals surface area contributed by atoms with E-state index in [0.29, 0.717) is 16.9 Å². The van der Waals surface area contributed by atoms with Gasteiger partial charge < -0.3 is 4.74 Å². The third kappa shape index (κ3) is 3.50. The van der Waals surface area contributed by atoms with Gasteiger partial charge in [0.1, 0.15) is 5.75 Å². The fraction of sp³-hybridized carbons (Fsp3) is 0.0476. The molecule has 0 aromatic heterocycles. The predicted molar refractivity (Wildman–Crippen MR) is 91.7 cm³/mol. The fourth-order valence-corrected chi connectivity index (χ4v) is 2.43. The molecule has 0 amide bonds. The highest BCUT2D eigenvalue weighted by atomic mass is 16.5. The van der Waals surface area contributed by atoms with Gasteiger partial charge in [0.15, 0.2) is 6.10 Å². The number of ether oxygens (including phenoxy) is 1. The Bertz CT molecular complexity index is 867. The van der Waals surface area contributed by atoms with Gasteiger partial charge in [-0.2, -0.15) is 5.26 Å². The van der Waals surface area contributed by atoms with Gasteiger partial charge in [0.2, 0.25) is 5.78 Å². The molecule has 3 aromatic rings. The van der Waals surface area contributed by atoms with Crippen LogP contribution in [-0.4, -0.2) is 5.78 Å². The van der Waals surface area contributed by atoms with Gasteiger partial charge in [0.25, 0.3) is 0 Å². The Labute approximate surface area is 140 Å². The van der Waals surface area contributed by atoms with Crippen molar-refractivity contribution in [3.63, 3.8) is 0 Å². The first-order valence-electron chi connectivity index (χ1n) is 7.59. The molecule has 0 N–H and O–H groups in total. The van der Waals surface area contributed by atoms with Crippen molar-refractivity contribution < 1.29 is 9.53 Å². The van der Waals surface area contributed by atoms with Crippen LogP contribution >= 0.6 is 0 Å². The lowest BCUT2D eigenvalue weighted by Crippen LogP contribution is -2.19. The number of benzene rings is 3. The van der Waals surface area contributed by atoms with Crippen LogP contribution in [0.3, 0.4) is 0 Å². The quantitative estimate of drug-likeness (QED) is 0.649. The van der Waals surface area contributed by atoms with Gasteiger partial charge in [-0.05, 0) is 18.2 Å². The first-order chi connectivity index (χ1) is 11.8. The van der Waals surface area contributed by atoms with Crippen LogP contribution < -0.4 is 4.74 Å². The summed E-state index contributed by atoms with van der Waals surface area (Å²) in [5, 5.41) is 9.03. The average molecular weight is 313 g/mol. The number of Topliss-reactive ketones (excluding diaryl/α,β-unsaturated/α-hetero) is 1. The summed E-state index contributed by atoms with van der Waals surface area (Å²) in [5.41, 5.74) is 1.85. The van der Waals surface area contributed by atoms with Crippen LogP contribution in [0.2, 0.25) is 0 Å². The number of rotatable bonds is 5. The Hall–Kier alpha value is -3.38. The number of carbonyl (C=O) groups excluding carboxylic acids is 1. The van der Waals surface area contributed by atoms with Crippen LogP contribution in [0.25, 0.3) is 0 Å². The molecular weight excluding hydrogens is 298 g/mol. The van der Waals surface area contributed by atoms with Crippen LogP contribution in [0.5, 0.6) is 5.75 Å². The third-order valence-electron chi connectivity index (χ3n) is 3.62. The molecule has 0 aliphatic heterocycles. The van der Waals surface area contributed by atoms with Crippen molar-refractivity contribution in [2.75, 3.05) is 0 Å². The lowest BCUT2D eigenvalue weighted by molar-refractivity contribution is 0.0792. The molecule has 0 bridgehead atoms. The van der Waals surface area contributed by atoms with E-state index in [1.54, 1.807) is 36.4 Å². The van der Waals surface area contributed by atoms with Crippen molar-refractivity contribution in [1.29, 1.82) is 5.26 Å². The fourth-order valence-electron chi connectivity index (χ4n) is 2.43. The molecule has 0 radical (unpaired) electrons. The van der Waals surface area contributed by atoms with Crippen molar-refractivity contribution in [3.8, 4) is 11.8 Å². The van der Waals surface area contributed by atoms with E-state index >= 15 is 0 Å². The molecule has 3 aromatic carbocycles. The third-order valence-corrected chi connectivity index (χ3v) is 3.62. The molecule has 0 aliphatic rings. The zero-order chi connectivity index (χ0) is 16.8. The summed E-state index contributed by atoms with van der Waals surface area (Å²) in [6.45, 7) is 0. The van der Waals surface area contributed by atoms with Crippen molar-refractivity contribution in [3.05, 3.63) is 102 Å². The van der Waals surface area contributed by atoms with Gasteiger partial charge in [-0.25, -0.2) is 0 Å². The van der Waals surface area contributed by atoms with E-state index in [2.05, 4.69) is 6.07 Å². The molecule has 3 rings (SSSR count). The highest BCUT2D eigenvalue weighted by Gasteiger charge is 2.24. The number of hydrogen-bond donors (Lipinski definition) is 0. The van der Waals surface area contributed by atoms with Crippen molar-refractivity contribution in [2.45, 2.75) is 6.10 Å². The second-order valence-electron chi connectivity index (χ2n) is 5.28. The minimum atomic E-state index is -0.762. The summed E-state index contributed by atoms with van der Waals surface area (Å²) >= 11 is 0. The van der Waals surface area contributed by atoms with Gasteiger partial charge in [-0.3, -0.25) is 4.79 Å². The van der Waals surface area contributed by atoms with Crippen molar-refractivity contribution in [2.24, 2.45) is 0 Å². The predicted octanol–water partition coefficient (Wildman–Crippen LogP) is 4.56. The smallest absolute Gasteiger partial charge is 0.207 e. The monoisotopic (exact) mass is 313 g/mol. The van der Waals surface area contributed by atoms with E-state index in [1.807, 2.05) is 48.5 Å². The van der Waals surface area contributed by atoms with Gasteiger partial charge in [0.05, 0.1) is 11.6 Å². The molecule has 0 spiro atoms. The van der Waals surface area contributed by atoms with E-state index in [4.69, 9.17) is 10.00 Å². The summed E-state index contributed by atoms with van der Waals surface area (Å²) in [6, 6.07) is 27.3. The SMILES string of the molecule is N#Cc1cccc(O[C@H](C(=O)c2ccccc2)c2ccccc2)c1. The molecule has 0 saturated heterocycles. The zero-order valence-corrected chi connectivity index (χ0v) is 12.9. The summed E-state index contributed by atoms with van der Waals surface area (Å²) in [6.07, 6.45) is -0.762. The number of carbonyl (C=O) groups is 1. The highest BCUT2D eigenvalue weighted by Crippen LogP contribution is 2.26. The topological polar surface area (TPSA) is 50.1 Å². The maximum absolute atomic E-state index is 12.9. The average Bonchev–Trinajstić information content (AvgIpc) is 2.67. The van der Waals surface area contributed by atoms with Gasteiger partial charge in [0, 0.05) is 11.1 Å². The molecule has 0 heterocycles. The maximum Gasteiger partial charge on any atom is 0.207 e. The molecule has 24 heavy (non-hydrogen) atoms. The molecule has 116 valence electrons. The van der Waals surface area contributed by atoms with Crippen LogP contribution in [0.4, 0.5) is 0 Å². The van der Waals surface area contributed by atoms with Gasteiger partial charge >= 0.3 is 0 Å². The Balaban J connectivity index is 1.96. The standard InChI is InChI=1S/C21H15NO2/c22-15-16-8-7-13-19(14-16)24-21(18-11-5-2-6-12-18)20(23)17-9-3-1-4-10-17/h1-14,21H/t21-/m0/s1. The van der Waals surface area contributed by atoms with Crippen LogP contribution in [0.15, 0.2) is 84.9 Å². The van der Waals surface area contributed by atoms with Crippen molar-refractivity contribution >= 4 is 5.78 Å². The first-order valence-corrected chi connectivity index (χ1v) is 7.59. The maximum atomic E-state index is 12.9. The Morgan fingerprint density at radius 1 is 0.875 bits per heavy atom. The Kier molecular flexibility index (Phi) is 4.69. The minimum absolute atomic E-state index is 0.121. The Morgan fingerprint density at radius 3 is 2.21 bits per heavy atom. The summed E-state index contributed by atoms with van der Waals surface area (Å²) < 4.78 is 5.96.